The average Bonchev–Trinajstić information content (AvgIpc) is 2.65. The van der Waals surface area contributed by atoms with Crippen LogP contribution < -0.4 is 0 Å². The van der Waals surface area contributed by atoms with E-state index >= 15 is 0 Å². The molecule has 26 heavy (non-hydrogen) atoms. The van der Waals surface area contributed by atoms with Crippen molar-refractivity contribution in [3.63, 3.8) is 0 Å². The van der Waals surface area contributed by atoms with Crippen LogP contribution in [0.15, 0.2) is 0 Å². The van der Waals surface area contributed by atoms with E-state index in [1.165, 1.54) is 38.5 Å². The first kappa shape index (κ1) is 24.9. The van der Waals surface area contributed by atoms with Crippen molar-refractivity contribution in [3.05, 3.63) is 0 Å². The van der Waals surface area contributed by atoms with E-state index in [1.54, 1.807) is 0 Å². The summed E-state index contributed by atoms with van der Waals surface area (Å²) in [6, 6.07) is 0. The summed E-state index contributed by atoms with van der Waals surface area (Å²) >= 11 is 0. The molecule has 2 unspecified atom stereocenters. The lowest BCUT2D eigenvalue weighted by Gasteiger charge is -2.15. The van der Waals surface area contributed by atoms with Gasteiger partial charge in [0.1, 0.15) is 0 Å². The Labute approximate surface area is 161 Å². The molecule has 0 rings (SSSR count). The Kier molecular flexibility index (Phi) is 16.7. The number of ether oxygens (including phenoxy) is 2. The fourth-order valence-corrected chi connectivity index (χ4v) is 2.95. The highest BCUT2D eigenvalue weighted by atomic mass is 16.5. The first-order chi connectivity index (χ1) is 12.6. The molecule has 0 aliphatic rings. The van der Waals surface area contributed by atoms with E-state index in [4.69, 9.17) is 9.47 Å². The van der Waals surface area contributed by atoms with E-state index in [-0.39, 0.29) is 24.8 Å². The lowest BCUT2D eigenvalue weighted by molar-refractivity contribution is -0.151. The topological polar surface area (TPSA) is 52.6 Å². The monoisotopic (exact) mass is 370 g/mol. The van der Waals surface area contributed by atoms with E-state index in [2.05, 4.69) is 27.7 Å². The van der Waals surface area contributed by atoms with Crippen LogP contribution in [0.25, 0.3) is 0 Å². The molecule has 0 spiro atoms. The maximum atomic E-state index is 11.8. The first-order valence-electron chi connectivity index (χ1n) is 10.9. The van der Waals surface area contributed by atoms with E-state index in [0.717, 1.165) is 25.7 Å². The van der Waals surface area contributed by atoms with Gasteiger partial charge in [-0.2, -0.15) is 0 Å². The van der Waals surface area contributed by atoms with Crippen LogP contribution >= 0.6 is 0 Å². The zero-order valence-corrected chi connectivity index (χ0v) is 17.7. The van der Waals surface area contributed by atoms with Crippen molar-refractivity contribution in [2.45, 2.75) is 105 Å². The minimum absolute atomic E-state index is 0.122. The maximum absolute atomic E-state index is 11.8. The van der Waals surface area contributed by atoms with Gasteiger partial charge in [-0.3, -0.25) is 9.59 Å². The molecule has 4 nitrogen and oxygen atoms in total. The molecule has 0 saturated heterocycles. The van der Waals surface area contributed by atoms with Gasteiger partial charge in [0.25, 0.3) is 0 Å². The summed E-state index contributed by atoms with van der Waals surface area (Å²) in [6.45, 7) is 9.59. The summed E-state index contributed by atoms with van der Waals surface area (Å²) < 4.78 is 10.7. The van der Waals surface area contributed by atoms with Crippen molar-refractivity contribution in [1.82, 2.24) is 0 Å². The molecule has 4 heteroatoms. The van der Waals surface area contributed by atoms with Gasteiger partial charge >= 0.3 is 11.9 Å². The van der Waals surface area contributed by atoms with E-state index in [0.29, 0.717) is 25.0 Å². The second-order valence-electron chi connectivity index (χ2n) is 7.41. The van der Waals surface area contributed by atoms with Crippen LogP contribution in [0.2, 0.25) is 0 Å². The van der Waals surface area contributed by atoms with Crippen LogP contribution in [-0.2, 0) is 19.1 Å². The van der Waals surface area contributed by atoms with Crippen molar-refractivity contribution < 1.29 is 19.1 Å². The summed E-state index contributed by atoms with van der Waals surface area (Å²) in [5, 5.41) is 0. The Balaban J connectivity index is 3.87. The van der Waals surface area contributed by atoms with Crippen LogP contribution in [0.4, 0.5) is 0 Å². The Morgan fingerprint density at radius 1 is 0.654 bits per heavy atom. The Hall–Kier alpha value is -1.06. The maximum Gasteiger partial charge on any atom is 0.306 e. The number of carbonyl (C=O) groups excluding carboxylic acids is 2. The highest BCUT2D eigenvalue weighted by molar-refractivity contribution is 5.77. The minimum Gasteiger partial charge on any atom is -0.465 e. The van der Waals surface area contributed by atoms with Crippen molar-refractivity contribution in [2.75, 3.05) is 13.2 Å². The van der Waals surface area contributed by atoms with Crippen molar-refractivity contribution >= 4 is 11.9 Å². The van der Waals surface area contributed by atoms with Gasteiger partial charge in [-0.05, 0) is 24.7 Å². The smallest absolute Gasteiger partial charge is 0.306 e. The van der Waals surface area contributed by atoms with Gasteiger partial charge in [-0.1, -0.05) is 79.1 Å². The average molecular weight is 371 g/mol. The molecule has 0 aromatic rings. The molecule has 0 amide bonds. The summed E-state index contributed by atoms with van der Waals surface area (Å²) in [5.74, 6) is 0.300. The summed E-state index contributed by atoms with van der Waals surface area (Å²) in [5.41, 5.74) is 0. The van der Waals surface area contributed by atoms with Gasteiger partial charge in [-0.15, -0.1) is 0 Å². The standard InChI is InChI=1S/C22H42O4/c1-5-9-11-13-19(7-3)17-25-21(23)15-16-22(24)26-18-20(8-4)14-12-10-6-2/h19-20H,5-18H2,1-4H3. The van der Waals surface area contributed by atoms with Gasteiger partial charge < -0.3 is 9.47 Å². The number of hydrogen-bond donors (Lipinski definition) is 0. The predicted octanol–water partition coefficient (Wildman–Crippen LogP) is 6.07. The first-order valence-corrected chi connectivity index (χ1v) is 10.9. The van der Waals surface area contributed by atoms with Crippen molar-refractivity contribution in [3.8, 4) is 0 Å². The molecule has 0 aromatic heterocycles. The zero-order valence-electron chi connectivity index (χ0n) is 17.7. The quantitative estimate of drug-likeness (QED) is 0.230. The number of unbranched alkanes of at least 4 members (excludes halogenated alkanes) is 4. The van der Waals surface area contributed by atoms with Gasteiger partial charge in [0.15, 0.2) is 0 Å². The van der Waals surface area contributed by atoms with Gasteiger partial charge in [0.2, 0.25) is 0 Å². The Bertz CT molecular complexity index is 320. The van der Waals surface area contributed by atoms with E-state index < -0.39 is 0 Å². The van der Waals surface area contributed by atoms with Crippen LogP contribution in [0.5, 0.6) is 0 Å². The molecule has 0 N–H and O–H groups in total. The van der Waals surface area contributed by atoms with Gasteiger partial charge in [0.05, 0.1) is 26.1 Å². The van der Waals surface area contributed by atoms with E-state index in [9.17, 15) is 9.59 Å². The second-order valence-corrected chi connectivity index (χ2v) is 7.41. The molecule has 0 radical (unpaired) electrons. The van der Waals surface area contributed by atoms with Crippen molar-refractivity contribution in [2.24, 2.45) is 11.8 Å². The Morgan fingerprint density at radius 2 is 1.04 bits per heavy atom. The lowest BCUT2D eigenvalue weighted by atomic mass is 10.00. The molecule has 154 valence electrons. The number of hydrogen-bond acceptors (Lipinski definition) is 4. The predicted molar refractivity (Wildman–Crippen MR) is 107 cm³/mol. The highest BCUT2D eigenvalue weighted by Gasteiger charge is 2.14. The molecular formula is C22H42O4. The third kappa shape index (κ3) is 14.1. The fourth-order valence-electron chi connectivity index (χ4n) is 2.95. The molecule has 0 aliphatic carbocycles. The van der Waals surface area contributed by atoms with Crippen LogP contribution in [0.1, 0.15) is 105 Å². The lowest BCUT2D eigenvalue weighted by Crippen LogP contribution is -2.17. The van der Waals surface area contributed by atoms with E-state index in [1.807, 2.05) is 0 Å². The number of esters is 2. The molecule has 0 aliphatic heterocycles. The Morgan fingerprint density at radius 3 is 1.35 bits per heavy atom. The highest BCUT2D eigenvalue weighted by Crippen LogP contribution is 2.16. The van der Waals surface area contributed by atoms with Gasteiger partial charge in [-0.25, -0.2) is 0 Å². The summed E-state index contributed by atoms with van der Waals surface area (Å²) in [4.78, 5) is 23.7. The van der Waals surface area contributed by atoms with Crippen molar-refractivity contribution in [1.29, 1.82) is 0 Å². The molecule has 0 aromatic carbocycles. The van der Waals surface area contributed by atoms with Gasteiger partial charge in [0, 0.05) is 0 Å². The molecular weight excluding hydrogens is 328 g/mol. The largest absolute Gasteiger partial charge is 0.465 e. The summed E-state index contributed by atoms with van der Waals surface area (Å²) in [6.07, 6.45) is 11.8. The number of carbonyl (C=O) groups is 2. The summed E-state index contributed by atoms with van der Waals surface area (Å²) in [7, 11) is 0. The molecule has 2 atom stereocenters. The molecule has 0 heterocycles. The molecule has 0 saturated carbocycles. The second kappa shape index (κ2) is 17.4. The molecule has 0 fully saturated rings. The minimum atomic E-state index is -0.286. The van der Waals surface area contributed by atoms with Crippen LogP contribution in [0.3, 0.4) is 0 Å². The SMILES string of the molecule is CCCCCC(CC)COC(=O)CCC(=O)OCC(CC)CCCCC. The van der Waals surface area contributed by atoms with Crippen LogP contribution in [-0.4, -0.2) is 25.2 Å². The third-order valence-corrected chi connectivity index (χ3v) is 5.08. The number of rotatable bonds is 17. The van der Waals surface area contributed by atoms with Crippen LogP contribution in [0, 0.1) is 11.8 Å². The fraction of sp³-hybridized carbons (Fsp3) is 0.909. The third-order valence-electron chi connectivity index (χ3n) is 5.08. The molecule has 0 bridgehead atoms. The normalized spacial score (nSPS) is 13.2. The zero-order chi connectivity index (χ0) is 19.6.